The summed E-state index contributed by atoms with van der Waals surface area (Å²) in [5.74, 6) is -2.55. The molecule has 0 aromatic carbocycles. The highest BCUT2D eigenvalue weighted by Gasteiger charge is 2.45. The van der Waals surface area contributed by atoms with Crippen LogP contribution in [0.5, 0.6) is 0 Å². The van der Waals surface area contributed by atoms with Gasteiger partial charge in [0.2, 0.25) is 0 Å². The van der Waals surface area contributed by atoms with E-state index >= 15 is 0 Å². The van der Waals surface area contributed by atoms with Gasteiger partial charge in [0, 0.05) is 5.57 Å². The summed E-state index contributed by atoms with van der Waals surface area (Å²) in [6, 6.07) is 0. The zero-order chi connectivity index (χ0) is 11.6. The van der Waals surface area contributed by atoms with E-state index in [1.165, 1.54) is 0 Å². The van der Waals surface area contributed by atoms with Gasteiger partial charge in [0.1, 0.15) is 6.17 Å². The van der Waals surface area contributed by atoms with Crippen molar-refractivity contribution < 1.29 is 22.4 Å². The topological polar surface area (TPSA) is 17.1 Å². The fourth-order valence-electron chi connectivity index (χ4n) is 1.36. The fraction of sp³-hybridized carbons (Fsp3) is 0.444. The van der Waals surface area contributed by atoms with Crippen LogP contribution in [0.15, 0.2) is 23.8 Å². The number of alkyl halides is 5. The highest BCUT2D eigenvalue weighted by Crippen LogP contribution is 2.37. The molecule has 0 bridgehead atoms. The van der Waals surface area contributed by atoms with Gasteiger partial charge in [-0.25, -0.2) is 4.39 Å². The lowest BCUT2D eigenvalue weighted by Crippen LogP contribution is -2.34. The van der Waals surface area contributed by atoms with Crippen molar-refractivity contribution in [2.75, 3.05) is 5.33 Å². The van der Waals surface area contributed by atoms with Crippen LogP contribution in [-0.2, 0) is 4.79 Å². The number of allylic oxidation sites excluding steroid dienone is 4. The number of carbonyl (C=O) groups excluding carboxylic acids is 1. The maximum atomic E-state index is 13.2. The Bertz CT molecular complexity index is 319. The van der Waals surface area contributed by atoms with Crippen molar-refractivity contribution >= 4 is 21.7 Å². The first-order valence-corrected chi connectivity index (χ1v) is 5.18. The second-order valence-corrected chi connectivity index (χ2v) is 3.59. The number of hydrogen-bond donors (Lipinski definition) is 0. The monoisotopic (exact) mass is 286 g/mol. The summed E-state index contributed by atoms with van der Waals surface area (Å²) < 4.78 is 50.5. The predicted molar refractivity (Wildman–Crippen MR) is 50.5 cm³/mol. The Labute approximate surface area is 92.0 Å². The maximum Gasteiger partial charge on any atom is 0.413 e. The van der Waals surface area contributed by atoms with Gasteiger partial charge >= 0.3 is 6.18 Å². The number of rotatable bonds is 2. The van der Waals surface area contributed by atoms with Crippen LogP contribution in [-0.4, -0.2) is 23.5 Å². The molecule has 1 aliphatic carbocycles. The zero-order valence-corrected chi connectivity index (χ0v) is 8.98. The molecule has 1 rings (SSSR count). The Morgan fingerprint density at radius 3 is 2.53 bits per heavy atom. The minimum atomic E-state index is -4.67. The van der Waals surface area contributed by atoms with Crippen LogP contribution in [0.2, 0.25) is 0 Å². The first-order chi connectivity index (χ1) is 6.88. The maximum absolute atomic E-state index is 13.2. The predicted octanol–water partition coefficient (Wildman–Crippen LogP) is 2.96. The summed E-state index contributed by atoms with van der Waals surface area (Å²) in [7, 11) is 0. The zero-order valence-electron chi connectivity index (χ0n) is 7.39. The molecule has 0 aliphatic heterocycles. The van der Waals surface area contributed by atoms with E-state index in [1.54, 1.807) is 0 Å². The van der Waals surface area contributed by atoms with Gasteiger partial charge in [-0.05, 0) is 6.08 Å². The van der Waals surface area contributed by atoms with E-state index in [4.69, 9.17) is 0 Å². The average Bonchev–Trinajstić information content (AvgIpc) is 2.15. The lowest BCUT2D eigenvalue weighted by molar-refractivity contribution is -0.128. The lowest BCUT2D eigenvalue weighted by Gasteiger charge is -2.24. The summed E-state index contributed by atoms with van der Waals surface area (Å²) in [6.45, 7) is 0. The molecule has 0 fully saturated rings. The van der Waals surface area contributed by atoms with Crippen LogP contribution in [0.4, 0.5) is 17.6 Å². The van der Waals surface area contributed by atoms with Crippen molar-refractivity contribution in [1.82, 2.24) is 0 Å². The van der Waals surface area contributed by atoms with Crippen molar-refractivity contribution in [2.45, 2.75) is 12.3 Å². The third kappa shape index (κ3) is 2.68. The smallest absolute Gasteiger partial charge is 0.298 e. The van der Waals surface area contributed by atoms with E-state index in [9.17, 15) is 22.4 Å². The first kappa shape index (κ1) is 12.4. The Morgan fingerprint density at radius 2 is 2.07 bits per heavy atom. The van der Waals surface area contributed by atoms with Gasteiger partial charge in [-0.2, -0.15) is 13.2 Å². The number of ketones is 1. The molecule has 1 nitrogen and oxygen atoms in total. The average molecular weight is 287 g/mol. The van der Waals surface area contributed by atoms with E-state index < -0.39 is 29.6 Å². The van der Waals surface area contributed by atoms with Gasteiger partial charge in [-0.15, -0.1) is 0 Å². The van der Waals surface area contributed by atoms with E-state index in [0.717, 1.165) is 18.2 Å². The number of carbonyl (C=O) groups is 1. The van der Waals surface area contributed by atoms with Crippen molar-refractivity contribution in [3.8, 4) is 0 Å². The molecule has 84 valence electrons. The summed E-state index contributed by atoms with van der Waals surface area (Å²) in [6.07, 6.45) is -3.91. The lowest BCUT2D eigenvalue weighted by atomic mass is 9.86. The van der Waals surface area contributed by atoms with Crippen molar-refractivity contribution in [1.29, 1.82) is 0 Å². The van der Waals surface area contributed by atoms with Crippen LogP contribution in [0.3, 0.4) is 0 Å². The summed E-state index contributed by atoms with van der Waals surface area (Å²) in [5.41, 5.74) is -1.12. The summed E-state index contributed by atoms with van der Waals surface area (Å²) in [5, 5.41) is -0.292. The molecule has 0 spiro atoms. The largest absolute Gasteiger partial charge is 0.413 e. The van der Waals surface area contributed by atoms with E-state index in [1.807, 2.05) is 0 Å². The van der Waals surface area contributed by atoms with Gasteiger partial charge in [-0.3, -0.25) is 4.79 Å². The Hall–Kier alpha value is -0.650. The Kier molecular flexibility index (Phi) is 3.70. The number of halogens is 5. The Balaban J connectivity index is 3.05. The molecule has 0 aromatic heterocycles. The molecule has 0 N–H and O–H groups in total. The normalized spacial score (nSPS) is 26.3. The van der Waals surface area contributed by atoms with Crippen LogP contribution >= 0.6 is 15.9 Å². The minimum absolute atomic E-state index is 0.292. The summed E-state index contributed by atoms with van der Waals surface area (Å²) in [4.78, 5) is 11.2. The van der Waals surface area contributed by atoms with Crippen LogP contribution < -0.4 is 0 Å². The molecule has 0 amide bonds. The van der Waals surface area contributed by atoms with Gasteiger partial charge in [0.15, 0.2) is 5.78 Å². The molecule has 0 saturated heterocycles. The van der Waals surface area contributed by atoms with Crippen molar-refractivity contribution in [2.24, 2.45) is 5.92 Å². The molecule has 1 aliphatic rings. The van der Waals surface area contributed by atoms with Crippen LogP contribution in [0.25, 0.3) is 0 Å². The summed E-state index contributed by atoms with van der Waals surface area (Å²) >= 11 is 2.74. The number of Topliss-reactive ketones (excluding diaryl/α,β-unsaturated/α-hetero) is 1. The number of hydrogen-bond acceptors (Lipinski definition) is 1. The second-order valence-electron chi connectivity index (χ2n) is 3.03. The van der Waals surface area contributed by atoms with E-state index in [2.05, 4.69) is 15.9 Å². The molecule has 0 radical (unpaired) electrons. The molecule has 2 atom stereocenters. The fourth-order valence-corrected chi connectivity index (χ4v) is 1.71. The van der Waals surface area contributed by atoms with Crippen LogP contribution in [0.1, 0.15) is 0 Å². The van der Waals surface area contributed by atoms with Crippen molar-refractivity contribution in [3.05, 3.63) is 23.8 Å². The van der Waals surface area contributed by atoms with Gasteiger partial charge in [0.25, 0.3) is 0 Å². The molecule has 0 saturated carbocycles. The molecular formula is C9H7BrF4O. The third-order valence-electron chi connectivity index (χ3n) is 2.03. The van der Waals surface area contributed by atoms with Gasteiger partial charge in [-0.1, -0.05) is 28.1 Å². The molecule has 0 aromatic rings. The highest BCUT2D eigenvalue weighted by atomic mass is 79.9. The SMILES string of the molecule is O=C(CBr)C1C(C(F)(F)F)=CC=CC1F. The van der Waals surface area contributed by atoms with Crippen LogP contribution in [0, 0.1) is 5.92 Å². The molecule has 15 heavy (non-hydrogen) atoms. The van der Waals surface area contributed by atoms with E-state index in [-0.39, 0.29) is 5.33 Å². The van der Waals surface area contributed by atoms with Gasteiger partial charge in [0.05, 0.1) is 11.2 Å². The first-order valence-electron chi connectivity index (χ1n) is 4.06. The highest BCUT2D eigenvalue weighted by molar-refractivity contribution is 9.09. The molecular weight excluding hydrogens is 280 g/mol. The minimum Gasteiger partial charge on any atom is -0.298 e. The van der Waals surface area contributed by atoms with E-state index in [0.29, 0.717) is 0 Å². The second kappa shape index (κ2) is 4.47. The molecule has 0 heterocycles. The quantitative estimate of drug-likeness (QED) is 0.563. The van der Waals surface area contributed by atoms with Crippen molar-refractivity contribution in [3.63, 3.8) is 0 Å². The molecule has 2 unspecified atom stereocenters. The molecule has 6 heteroatoms. The van der Waals surface area contributed by atoms with Gasteiger partial charge < -0.3 is 0 Å². The third-order valence-corrected chi connectivity index (χ3v) is 2.58. The standard InChI is InChI=1S/C9H7BrF4O/c10-4-7(15)8-5(9(12,13)14)2-1-3-6(8)11/h1-3,6,8H,4H2. The Morgan fingerprint density at radius 1 is 1.47 bits per heavy atom.